The Hall–Kier alpha value is -2.09. The van der Waals surface area contributed by atoms with Gasteiger partial charge in [0.25, 0.3) is 0 Å². The Morgan fingerprint density at radius 1 is 1.12 bits per heavy atom. The van der Waals surface area contributed by atoms with Crippen LogP contribution in [0.25, 0.3) is 0 Å². The molecule has 79 valence electrons. The van der Waals surface area contributed by atoms with Crippen LogP contribution in [0, 0.1) is 6.07 Å². The number of hydrogen-bond acceptors (Lipinski definition) is 2. The summed E-state index contributed by atoms with van der Waals surface area (Å²) in [6, 6.07) is 17.3. The molecule has 0 N–H and O–H groups in total. The van der Waals surface area contributed by atoms with Gasteiger partial charge in [-0.3, -0.25) is 4.79 Å². The van der Waals surface area contributed by atoms with E-state index in [2.05, 4.69) is 6.07 Å². The molecule has 0 aromatic heterocycles. The Bertz CT molecular complexity index is 472. The third-order valence-electron chi connectivity index (χ3n) is 2.18. The molecule has 0 aliphatic rings. The first kappa shape index (κ1) is 10.4. The van der Waals surface area contributed by atoms with Crippen molar-refractivity contribution in [3.05, 3.63) is 60.2 Å². The molecular formula is C14H11O2. The minimum atomic E-state index is 0.0552. The van der Waals surface area contributed by atoms with Gasteiger partial charge in [0.05, 0.1) is 0 Å². The fourth-order valence-electron chi connectivity index (χ4n) is 1.33. The predicted octanol–water partition coefficient (Wildman–Crippen LogP) is 3.48. The maximum atomic E-state index is 11.1. The summed E-state index contributed by atoms with van der Waals surface area (Å²) in [7, 11) is 0. The summed E-state index contributed by atoms with van der Waals surface area (Å²) >= 11 is 0. The summed E-state index contributed by atoms with van der Waals surface area (Å²) in [5.74, 6) is 1.50. The van der Waals surface area contributed by atoms with E-state index in [1.807, 2.05) is 18.2 Å². The van der Waals surface area contributed by atoms with Gasteiger partial charge in [0.15, 0.2) is 5.78 Å². The second kappa shape index (κ2) is 4.62. The molecule has 0 saturated heterocycles. The van der Waals surface area contributed by atoms with E-state index in [9.17, 15) is 4.79 Å². The minimum Gasteiger partial charge on any atom is -0.457 e. The van der Waals surface area contributed by atoms with Crippen molar-refractivity contribution in [3.8, 4) is 11.5 Å². The van der Waals surface area contributed by atoms with Crippen LogP contribution in [0.3, 0.4) is 0 Å². The second-order valence-corrected chi connectivity index (χ2v) is 3.42. The molecule has 0 atom stereocenters. The van der Waals surface area contributed by atoms with Crippen molar-refractivity contribution in [2.75, 3.05) is 0 Å². The van der Waals surface area contributed by atoms with Crippen LogP contribution in [-0.4, -0.2) is 5.78 Å². The van der Waals surface area contributed by atoms with E-state index in [1.165, 1.54) is 0 Å². The van der Waals surface area contributed by atoms with E-state index < -0.39 is 0 Å². The lowest BCUT2D eigenvalue weighted by Crippen LogP contribution is -1.91. The molecule has 2 nitrogen and oxygen atoms in total. The highest BCUT2D eigenvalue weighted by atomic mass is 16.5. The topological polar surface area (TPSA) is 26.3 Å². The van der Waals surface area contributed by atoms with Crippen molar-refractivity contribution in [2.24, 2.45) is 0 Å². The monoisotopic (exact) mass is 211 g/mol. The number of rotatable bonds is 3. The van der Waals surface area contributed by atoms with Crippen LogP contribution in [0.1, 0.15) is 17.3 Å². The maximum absolute atomic E-state index is 11.1. The molecule has 1 radical (unpaired) electrons. The van der Waals surface area contributed by atoms with Crippen molar-refractivity contribution in [2.45, 2.75) is 6.92 Å². The molecule has 0 unspecified atom stereocenters. The fraction of sp³-hybridized carbons (Fsp3) is 0.0714. The van der Waals surface area contributed by atoms with Crippen molar-refractivity contribution >= 4 is 5.78 Å². The van der Waals surface area contributed by atoms with Gasteiger partial charge >= 0.3 is 0 Å². The number of ketones is 1. The highest BCUT2D eigenvalue weighted by Gasteiger charge is 2.00. The van der Waals surface area contributed by atoms with Crippen LogP contribution in [0.4, 0.5) is 0 Å². The summed E-state index contributed by atoms with van der Waals surface area (Å²) < 4.78 is 5.57. The van der Waals surface area contributed by atoms with Gasteiger partial charge < -0.3 is 4.74 Å². The highest BCUT2D eigenvalue weighted by molar-refractivity contribution is 5.94. The van der Waals surface area contributed by atoms with Gasteiger partial charge in [-0.1, -0.05) is 12.1 Å². The number of Topliss-reactive ketones (excluding diaryl/α,β-unsaturated/α-hetero) is 1. The van der Waals surface area contributed by atoms with Gasteiger partial charge in [0.1, 0.15) is 11.5 Å². The van der Waals surface area contributed by atoms with E-state index in [1.54, 1.807) is 37.3 Å². The third kappa shape index (κ3) is 2.48. The minimum absolute atomic E-state index is 0.0552. The molecule has 2 aromatic rings. The Balaban J connectivity index is 2.14. The third-order valence-corrected chi connectivity index (χ3v) is 2.18. The van der Waals surface area contributed by atoms with E-state index in [0.717, 1.165) is 5.75 Å². The number of benzene rings is 2. The normalized spacial score (nSPS) is 9.81. The Labute approximate surface area is 94.5 Å². The van der Waals surface area contributed by atoms with Crippen LogP contribution in [0.5, 0.6) is 11.5 Å². The summed E-state index contributed by atoms with van der Waals surface area (Å²) in [6.07, 6.45) is 0. The summed E-state index contributed by atoms with van der Waals surface area (Å²) in [4.78, 5) is 11.1. The van der Waals surface area contributed by atoms with Gasteiger partial charge in [-0.25, -0.2) is 0 Å². The van der Waals surface area contributed by atoms with E-state index >= 15 is 0 Å². The highest BCUT2D eigenvalue weighted by Crippen LogP contribution is 2.20. The van der Waals surface area contributed by atoms with Crippen molar-refractivity contribution < 1.29 is 9.53 Å². The largest absolute Gasteiger partial charge is 0.457 e. The SMILES string of the molecule is CC(=O)c1ccc(Oc2c[c]ccc2)cc1. The Morgan fingerprint density at radius 3 is 2.44 bits per heavy atom. The first-order chi connectivity index (χ1) is 7.75. The zero-order chi connectivity index (χ0) is 11.4. The summed E-state index contributed by atoms with van der Waals surface area (Å²) in [6.45, 7) is 1.54. The van der Waals surface area contributed by atoms with Gasteiger partial charge in [-0.15, -0.1) is 0 Å². The van der Waals surface area contributed by atoms with E-state index in [0.29, 0.717) is 11.3 Å². The lowest BCUT2D eigenvalue weighted by molar-refractivity contribution is 0.101. The van der Waals surface area contributed by atoms with Gasteiger partial charge in [0, 0.05) is 5.56 Å². The molecule has 2 rings (SSSR count). The average Bonchev–Trinajstić information content (AvgIpc) is 2.31. The molecule has 0 saturated carbocycles. The zero-order valence-electron chi connectivity index (χ0n) is 8.94. The quantitative estimate of drug-likeness (QED) is 0.726. The van der Waals surface area contributed by atoms with Crippen molar-refractivity contribution in [1.82, 2.24) is 0 Å². The lowest BCUT2D eigenvalue weighted by atomic mass is 10.1. The average molecular weight is 211 g/mol. The van der Waals surface area contributed by atoms with E-state index in [-0.39, 0.29) is 5.78 Å². The lowest BCUT2D eigenvalue weighted by Gasteiger charge is -2.05. The smallest absolute Gasteiger partial charge is 0.159 e. The molecule has 0 heterocycles. The first-order valence-electron chi connectivity index (χ1n) is 5.01. The number of hydrogen-bond donors (Lipinski definition) is 0. The van der Waals surface area contributed by atoms with Crippen LogP contribution in [0.2, 0.25) is 0 Å². The molecule has 2 aromatic carbocycles. The van der Waals surface area contributed by atoms with Crippen LogP contribution >= 0.6 is 0 Å². The molecule has 0 fully saturated rings. The first-order valence-corrected chi connectivity index (χ1v) is 5.01. The fourth-order valence-corrected chi connectivity index (χ4v) is 1.33. The summed E-state index contributed by atoms with van der Waals surface area (Å²) in [5.41, 5.74) is 0.687. The summed E-state index contributed by atoms with van der Waals surface area (Å²) in [5, 5.41) is 0. The molecule has 0 aliphatic carbocycles. The van der Waals surface area contributed by atoms with Gasteiger partial charge in [-0.2, -0.15) is 0 Å². The van der Waals surface area contributed by atoms with Crippen molar-refractivity contribution in [3.63, 3.8) is 0 Å². The second-order valence-electron chi connectivity index (χ2n) is 3.42. The van der Waals surface area contributed by atoms with Gasteiger partial charge in [-0.05, 0) is 49.4 Å². The molecule has 2 heteroatoms. The molecule has 0 spiro atoms. The van der Waals surface area contributed by atoms with Crippen molar-refractivity contribution in [1.29, 1.82) is 0 Å². The Kier molecular flexibility index (Phi) is 3.01. The van der Waals surface area contributed by atoms with Crippen LogP contribution in [-0.2, 0) is 0 Å². The van der Waals surface area contributed by atoms with E-state index in [4.69, 9.17) is 4.74 Å². The molecule has 0 bridgehead atoms. The number of ether oxygens (including phenoxy) is 1. The Morgan fingerprint density at radius 2 is 1.88 bits per heavy atom. The number of carbonyl (C=O) groups is 1. The standard InChI is InChI=1S/C14H11O2/c1-11(15)12-7-9-14(10-8-12)16-13-5-3-2-4-6-13/h2-3,5-10H,1H3. The molecule has 0 aliphatic heterocycles. The number of carbonyl (C=O) groups excluding carboxylic acids is 1. The van der Waals surface area contributed by atoms with Crippen LogP contribution < -0.4 is 4.74 Å². The maximum Gasteiger partial charge on any atom is 0.159 e. The predicted molar refractivity (Wildman–Crippen MR) is 61.8 cm³/mol. The molecule has 0 amide bonds. The van der Waals surface area contributed by atoms with Crippen LogP contribution in [0.15, 0.2) is 48.5 Å². The zero-order valence-corrected chi connectivity index (χ0v) is 8.94. The van der Waals surface area contributed by atoms with Gasteiger partial charge in [0.2, 0.25) is 0 Å². The molecule has 16 heavy (non-hydrogen) atoms. The molecular weight excluding hydrogens is 200 g/mol.